The van der Waals surface area contributed by atoms with Crippen LogP contribution in [0.1, 0.15) is 5.56 Å². The van der Waals surface area contributed by atoms with Gasteiger partial charge in [0.1, 0.15) is 6.33 Å². The molecule has 12 heavy (non-hydrogen) atoms. The Morgan fingerprint density at radius 3 is 2.92 bits per heavy atom. The Balaban J connectivity index is 2.43. The van der Waals surface area contributed by atoms with E-state index < -0.39 is 0 Å². The lowest BCUT2D eigenvalue weighted by Gasteiger charge is -1.97. The zero-order chi connectivity index (χ0) is 8.39. The van der Waals surface area contributed by atoms with Crippen molar-refractivity contribution in [3.63, 3.8) is 0 Å². The normalized spacial score (nSPS) is 10.1. The Bertz CT molecular complexity index is 349. The zero-order valence-corrected chi connectivity index (χ0v) is 6.60. The van der Waals surface area contributed by atoms with Gasteiger partial charge in [0.25, 0.3) is 0 Å². The Hall–Kier alpha value is -1.71. The van der Waals surface area contributed by atoms with E-state index in [4.69, 9.17) is 0 Å². The molecule has 2 aromatic rings. The van der Waals surface area contributed by atoms with Crippen molar-refractivity contribution in [1.29, 1.82) is 0 Å². The number of aryl methyl sites for hydroxylation is 1. The molecule has 0 N–H and O–H groups in total. The third-order valence-corrected chi connectivity index (χ3v) is 1.55. The van der Waals surface area contributed by atoms with Gasteiger partial charge in [-0.3, -0.25) is 0 Å². The summed E-state index contributed by atoms with van der Waals surface area (Å²) >= 11 is 0. The van der Waals surface area contributed by atoms with Gasteiger partial charge < -0.3 is 0 Å². The molecule has 0 spiro atoms. The van der Waals surface area contributed by atoms with Crippen LogP contribution in [0, 0.1) is 13.0 Å². The van der Waals surface area contributed by atoms with Crippen LogP contribution in [0.15, 0.2) is 24.5 Å². The van der Waals surface area contributed by atoms with Crippen LogP contribution in [-0.2, 0) is 0 Å². The first-order valence-electron chi connectivity index (χ1n) is 3.58. The maximum atomic E-state index is 3.74. The van der Waals surface area contributed by atoms with Crippen molar-refractivity contribution >= 4 is 0 Å². The maximum Gasteiger partial charge on any atom is 0.143 e. The highest BCUT2D eigenvalue weighted by Crippen LogP contribution is 2.04. The molecule has 4 nitrogen and oxygen atoms in total. The number of rotatable bonds is 1. The third kappa shape index (κ3) is 1.18. The van der Waals surface area contributed by atoms with Crippen molar-refractivity contribution in [1.82, 2.24) is 20.2 Å². The molecule has 0 amide bonds. The highest BCUT2D eigenvalue weighted by molar-refractivity contribution is 5.30. The Morgan fingerprint density at radius 2 is 2.33 bits per heavy atom. The molecule has 0 atom stereocenters. The van der Waals surface area contributed by atoms with E-state index in [1.807, 2.05) is 25.1 Å². The molecule has 1 heterocycles. The lowest BCUT2D eigenvalue weighted by molar-refractivity contribution is 0.788. The number of hydrogen-bond acceptors (Lipinski definition) is 3. The second-order valence-electron chi connectivity index (χ2n) is 2.51. The van der Waals surface area contributed by atoms with E-state index in [1.54, 1.807) is 11.0 Å². The van der Waals surface area contributed by atoms with Gasteiger partial charge in [-0.2, -0.15) is 4.68 Å². The number of hydrogen-bond donors (Lipinski definition) is 0. The van der Waals surface area contributed by atoms with Gasteiger partial charge in [-0.05, 0) is 29.5 Å². The predicted octanol–water partition coefficient (Wildman–Crippen LogP) is 0.771. The topological polar surface area (TPSA) is 43.6 Å². The van der Waals surface area contributed by atoms with E-state index in [9.17, 15) is 0 Å². The van der Waals surface area contributed by atoms with Gasteiger partial charge >= 0.3 is 0 Å². The zero-order valence-electron chi connectivity index (χ0n) is 6.60. The summed E-state index contributed by atoms with van der Waals surface area (Å²) in [4.78, 5) is 0. The molecule has 1 radical (unpaired) electrons. The van der Waals surface area contributed by atoms with Gasteiger partial charge in [-0.25, -0.2) is 0 Å². The van der Waals surface area contributed by atoms with E-state index >= 15 is 0 Å². The van der Waals surface area contributed by atoms with Crippen LogP contribution in [0.3, 0.4) is 0 Å². The van der Waals surface area contributed by atoms with Crippen LogP contribution in [0.25, 0.3) is 5.69 Å². The summed E-state index contributed by atoms with van der Waals surface area (Å²) in [6, 6.07) is 8.88. The van der Waals surface area contributed by atoms with Crippen molar-refractivity contribution in [3.8, 4) is 5.69 Å². The van der Waals surface area contributed by atoms with Crippen molar-refractivity contribution in [3.05, 3.63) is 36.2 Å². The first-order valence-corrected chi connectivity index (χ1v) is 3.58. The molecule has 1 aromatic carbocycles. The van der Waals surface area contributed by atoms with Crippen molar-refractivity contribution in [2.24, 2.45) is 0 Å². The van der Waals surface area contributed by atoms with Gasteiger partial charge in [0.15, 0.2) is 0 Å². The molecule has 0 aliphatic rings. The second-order valence-corrected chi connectivity index (χ2v) is 2.51. The molecule has 0 bridgehead atoms. The molecule has 0 saturated carbocycles. The summed E-state index contributed by atoms with van der Waals surface area (Å²) in [6.07, 6.45) is 1.54. The van der Waals surface area contributed by atoms with E-state index in [0.29, 0.717) is 0 Å². The van der Waals surface area contributed by atoms with Crippen molar-refractivity contribution in [2.75, 3.05) is 0 Å². The standard InChI is InChI=1S/C8H7N4/c1-7-2-4-8(5-3-7)12-6-9-10-11-12/h2-4,6H,1H3. The molecule has 0 unspecified atom stereocenters. The fourth-order valence-electron chi connectivity index (χ4n) is 0.909. The monoisotopic (exact) mass is 159 g/mol. The average molecular weight is 159 g/mol. The Labute approximate surface area is 69.8 Å². The fourth-order valence-corrected chi connectivity index (χ4v) is 0.909. The molecule has 0 aliphatic heterocycles. The third-order valence-electron chi connectivity index (χ3n) is 1.55. The minimum atomic E-state index is 0.852. The Morgan fingerprint density at radius 1 is 1.42 bits per heavy atom. The molecule has 2 rings (SSSR count). The first kappa shape index (κ1) is 6.97. The predicted molar refractivity (Wildman–Crippen MR) is 42.7 cm³/mol. The second kappa shape index (κ2) is 2.73. The summed E-state index contributed by atoms with van der Waals surface area (Å²) in [5.74, 6) is 0. The fraction of sp³-hybridized carbons (Fsp3) is 0.125. The summed E-state index contributed by atoms with van der Waals surface area (Å²) < 4.78 is 1.57. The molecule has 0 fully saturated rings. The number of aromatic nitrogens is 4. The van der Waals surface area contributed by atoms with Crippen LogP contribution in [0.4, 0.5) is 0 Å². The van der Waals surface area contributed by atoms with E-state index in [-0.39, 0.29) is 0 Å². The first-order chi connectivity index (χ1) is 5.86. The van der Waals surface area contributed by atoms with E-state index in [1.165, 1.54) is 5.56 Å². The largest absolute Gasteiger partial charge is 0.200 e. The van der Waals surface area contributed by atoms with Crippen molar-refractivity contribution < 1.29 is 0 Å². The minimum absolute atomic E-state index is 0.852. The van der Waals surface area contributed by atoms with Gasteiger partial charge in [-0.15, -0.1) is 5.10 Å². The summed E-state index contributed by atoms with van der Waals surface area (Å²) in [5.41, 5.74) is 2.03. The van der Waals surface area contributed by atoms with Crippen LogP contribution < -0.4 is 0 Å². The number of nitrogens with zero attached hydrogens (tertiary/aromatic N) is 4. The van der Waals surface area contributed by atoms with E-state index in [2.05, 4.69) is 21.6 Å². The molecule has 1 aromatic heterocycles. The highest BCUT2D eigenvalue weighted by Gasteiger charge is 1.95. The quantitative estimate of drug-likeness (QED) is 0.617. The lowest BCUT2D eigenvalue weighted by Crippen LogP contribution is -1.94. The maximum absolute atomic E-state index is 3.74. The van der Waals surface area contributed by atoms with Crippen LogP contribution in [0.5, 0.6) is 0 Å². The minimum Gasteiger partial charge on any atom is -0.200 e. The molecule has 4 heteroatoms. The van der Waals surface area contributed by atoms with Crippen LogP contribution >= 0.6 is 0 Å². The Kier molecular flexibility index (Phi) is 1.59. The number of benzene rings is 1. The van der Waals surface area contributed by atoms with Gasteiger partial charge in [-0.1, -0.05) is 11.6 Å². The summed E-state index contributed by atoms with van der Waals surface area (Å²) in [6.45, 7) is 2.01. The average Bonchev–Trinajstić information content (AvgIpc) is 2.58. The molecule has 59 valence electrons. The summed E-state index contributed by atoms with van der Waals surface area (Å²) in [5, 5.41) is 10.8. The lowest BCUT2D eigenvalue weighted by atomic mass is 10.2. The smallest absolute Gasteiger partial charge is 0.143 e. The van der Waals surface area contributed by atoms with Crippen molar-refractivity contribution in [2.45, 2.75) is 6.92 Å². The van der Waals surface area contributed by atoms with Crippen LogP contribution in [-0.4, -0.2) is 20.2 Å². The van der Waals surface area contributed by atoms with Gasteiger partial charge in [0, 0.05) is 6.07 Å². The van der Waals surface area contributed by atoms with Gasteiger partial charge in [0.05, 0.1) is 5.69 Å². The van der Waals surface area contributed by atoms with E-state index in [0.717, 1.165) is 5.69 Å². The SMILES string of the molecule is Cc1c[c]c(-n2cnnn2)cc1. The molecule has 0 aliphatic carbocycles. The van der Waals surface area contributed by atoms with Crippen LogP contribution in [0.2, 0.25) is 0 Å². The number of tetrazole rings is 1. The van der Waals surface area contributed by atoms with Gasteiger partial charge in [0.2, 0.25) is 0 Å². The molecule has 0 saturated heterocycles. The molecular formula is C8H7N4. The highest BCUT2D eigenvalue weighted by atomic mass is 15.5. The summed E-state index contributed by atoms with van der Waals surface area (Å²) in [7, 11) is 0. The molecular weight excluding hydrogens is 152 g/mol.